The number of anilines is 1. The molecule has 172 valence electrons. The summed E-state index contributed by atoms with van der Waals surface area (Å²) >= 11 is 5.80. The van der Waals surface area contributed by atoms with Gasteiger partial charge in [-0.2, -0.15) is 8.42 Å². The normalized spacial score (nSPS) is 15.4. The number of carbonyl (C=O) groups is 3. The number of phenolic OH excluding ortho intramolecular Hbond substituents is 1. The molecule has 1 aliphatic rings. The third kappa shape index (κ3) is 4.63. The average Bonchev–Trinajstić information content (AvgIpc) is 2.79. The van der Waals surface area contributed by atoms with Crippen molar-refractivity contribution < 1.29 is 32.1 Å². The Kier molecular flexibility index (Phi) is 6.10. The summed E-state index contributed by atoms with van der Waals surface area (Å²) in [5, 5.41) is 11.9. The van der Waals surface area contributed by atoms with Crippen molar-refractivity contribution in [1.82, 2.24) is 5.32 Å². The van der Waals surface area contributed by atoms with Crippen molar-refractivity contribution in [3.8, 4) is 11.5 Å². The van der Waals surface area contributed by atoms with Crippen LogP contribution in [0.5, 0.6) is 11.5 Å². The molecular formula is C23H15ClN2O7S. The summed E-state index contributed by atoms with van der Waals surface area (Å²) in [5.74, 6) is -2.11. The van der Waals surface area contributed by atoms with Crippen LogP contribution in [0, 0.1) is 0 Å². The quantitative estimate of drug-likeness (QED) is 0.313. The molecule has 0 spiro atoms. The molecule has 4 amide bonds. The minimum absolute atomic E-state index is 0.0755. The summed E-state index contributed by atoms with van der Waals surface area (Å²) in [6, 6.07) is 15.5. The zero-order valence-corrected chi connectivity index (χ0v) is 18.7. The molecule has 0 aliphatic carbocycles. The third-order valence-corrected chi connectivity index (χ3v) is 6.23. The van der Waals surface area contributed by atoms with Crippen LogP contribution < -0.4 is 14.4 Å². The van der Waals surface area contributed by atoms with Gasteiger partial charge in [-0.1, -0.05) is 29.8 Å². The van der Waals surface area contributed by atoms with Gasteiger partial charge in [-0.15, -0.1) is 0 Å². The lowest BCUT2D eigenvalue weighted by Gasteiger charge is -2.26. The number of rotatable bonds is 5. The van der Waals surface area contributed by atoms with E-state index in [4.69, 9.17) is 15.8 Å². The topological polar surface area (TPSA) is 130 Å². The van der Waals surface area contributed by atoms with Crippen LogP contribution in [-0.4, -0.2) is 31.4 Å². The smallest absolute Gasteiger partial charge is 0.339 e. The average molecular weight is 499 g/mol. The zero-order valence-electron chi connectivity index (χ0n) is 17.1. The number of amides is 4. The number of imide groups is 2. The molecule has 4 rings (SSSR count). The first-order chi connectivity index (χ1) is 16.2. The second-order valence-corrected chi connectivity index (χ2v) is 8.99. The van der Waals surface area contributed by atoms with Crippen LogP contribution >= 0.6 is 11.6 Å². The van der Waals surface area contributed by atoms with Crippen LogP contribution in [0.15, 0.2) is 83.3 Å². The first-order valence-corrected chi connectivity index (χ1v) is 11.4. The maximum atomic E-state index is 13.0. The summed E-state index contributed by atoms with van der Waals surface area (Å²) in [6.45, 7) is 0. The highest BCUT2D eigenvalue weighted by molar-refractivity contribution is 7.87. The molecule has 0 radical (unpaired) electrons. The molecule has 0 atom stereocenters. The Morgan fingerprint density at radius 3 is 2.24 bits per heavy atom. The molecule has 1 saturated heterocycles. The molecule has 34 heavy (non-hydrogen) atoms. The Morgan fingerprint density at radius 2 is 1.56 bits per heavy atom. The van der Waals surface area contributed by atoms with Crippen molar-refractivity contribution in [1.29, 1.82) is 0 Å². The minimum atomic E-state index is -4.25. The number of hydrogen-bond acceptors (Lipinski definition) is 7. The predicted octanol–water partition coefficient (Wildman–Crippen LogP) is 3.48. The third-order valence-electron chi connectivity index (χ3n) is 4.73. The van der Waals surface area contributed by atoms with Gasteiger partial charge in [-0.25, -0.2) is 9.69 Å². The van der Waals surface area contributed by atoms with E-state index >= 15 is 0 Å². The SMILES string of the molecule is O=C1NC(=O)N(c2ccc(O)cc2)C(=O)/C1=C/c1ccccc1OS(=O)(=O)c1ccc(Cl)cc1. The van der Waals surface area contributed by atoms with E-state index in [1.54, 1.807) is 6.07 Å². The van der Waals surface area contributed by atoms with E-state index in [0.29, 0.717) is 5.02 Å². The van der Waals surface area contributed by atoms with Crippen molar-refractivity contribution in [3.63, 3.8) is 0 Å². The molecule has 0 unspecified atom stereocenters. The van der Waals surface area contributed by atoms with Crippen molar-refractivity contribution in [3.05, 3.63) is 89.0 Å². The maximum Gasteiger partial charge on any atom is 0.339 e. The Labute approximate surface area is 199 Å². The van der Waals surface area contributed by atoms with Crippen molar-refractivity contribution in [2.45, 2.75) is 4.90 Å². The number of phenols is 1. The molecule has 0 aromatic heterocycles. The van der Waals surface area contributed by atoms with E-state index in [2.05, 4.69) is 5.32 Å². The lowest BCUT2D eigenvalue weighted by molar-refractivity contribution is -0.122. The fourth-order valence-electron chi connectivity index (χ4n) is 3.09. The lowest BCUT2D eigenvalue weighted by Crippen LogP contribution is -2.54. The summed E-state index contributed by atoms with van der Waals surface area (Å²) in [6.07, 6.45) is 1.13. The number of halogens is 1. The van der Waals surface area contributed by atoms with E-state index in [9.17, 15) is 27.9 Å². The molecule has 0 saturated carbocycles. The van der Waals surface area contributed by atoms with Gasteiger partial charge in [0.25, 0.3) is 11.8 Å². The van der Waals surface area contributed by atoms with E-state index in [1.807, 2.05) is 0 Å². The summed E-state index contributed by atoms with van der Waals surface area (Å²) in [5.41, 5.74) is -0.195. The first kappa shape index (κ1) is 23.0. The van der Waals surface area contributed by atoms with Gasteiger partial charge in [0.1, 0.15) is 22.0 Å². The Hall–Kier alpha value is -4.15. The standard InChI is InChI=1S/C23H15ClN2O7S/c24-15-5-11-18(12-6-15)34(31,32)33-20-4-2-1-3-14(20)13-19-21(28)25-23(30)26(22(19)29)16-7-9-17(27)10-8-16/h1-13,27H,(H,25,28,30)/b19-13+. The molecule has 11 heteroatoms. The molecular weight excluding hydrogens is 484 g/mol. The van der Waals surface area contributed by atoms with E-state index < -0.39 is 33.5 Å². The number of hydrogen-bond donors (Lipinski definition) is 2. The van der Waals surface area contributed by atoms with Crippen molar-refractivity contribution in [2.24, 2.45) is 0 Å². The first-order valence-electron chi connectivity index (χ1n) is 9.65. The number of nitrogens with zero attached hydrogens (tertiary/aromatic N) is 1. The predicted molar refractivity (Wildman–Crippen MR) is 123 cm³/mol. The fraction of sp³-hybridized carbons (Fsp3) is 0. The number of carbonyl (C=O) groups excluding carboxylic acids is 3. The molecule has 1 heterocycles. The molecule has 9 nitrogen and oxygen atoms in total. The van der Waals surface area contributed by atoms with Gasteiger partial charge in [-0.05, 0) is 60.7 Å². The Bertz CT molecular complexity index is 1430. The Balaban J connectivity index is 1.70. The monoisotopic (exact) mass is 498 g/mol. The fourth-order valence-corrected chi connectivity index (χ4v) is 4.17. The van der Waals surface area contributed by atoms with E-state index in [0.717, 1.165) is 11.0 Å². The van der Waals surface area contributed by atoms with Gasteiger partial charge >= 0.3 is 16.1 Å². The Morgan fingerprint density at radius 1 is 0.912 bits per heavy atom. The van der Waals surface area contributed by atoms with E-state index in [1.165, 1.54) is 66.7 Å². The number of barbiturate groups is 1. The van der Waals surface area contributed by atoms with Gasteiger partial charge in [0.15, 0.2) is 0 Å². The van der Waals surface area contributed by atoms with Crippen LogP contribution in [0.1, 0.15) is 5.56 Å². The van der Waals surface area contributed by atoms with Gasteiger partial charge in [0.05, 0.1) is 5.69 Å². The molecule has 3 aromatic rings. The number of para-hydroxylation sites is 1. The van der Waals surface area contributed by atoms with Gasteiger partial charge < -0.3 is 9.29 Å². The van der Waals surface area contributed by atoms with Crippen LogP contribution in [0.2, 0.25) is 5.02 Å². The number of aromatic hydroxyl groups is 1. The molecule has 3 aromatic carbocycles. The second kappa shape index (κ2) is 9.00. The molecule has 1 aliphatic heterocycles. The number of urea groups is 1. The number of nitrogens with one attached hydrogen (secondary N) is 1. The minimum Gasteiger partial charge on any atom is -0.508 e. The highest BCUT2D eigenvalue weighted by Gasteiger charge is 2.37. The second-order valence-electron chi connectivity index (χ2n) is 7.00. The zero-order chi connectivity index (χ0) is 24.5. The molecule has 2 N–H and O–H groups in total. The van der Waals surface area contributed by atoms with Crippen molar-refractivity contribution in [2.75, 3.05) is 4.90 Å². The van der Waals surface area contributed by atoms with Crippen LogP contribution in [-0.2, 0) is 19.7 Å². The van der Waals surface area contributed by atoms with Crippen LogP contribution in [0.25, 0.3) is 6.08 Å². The summed E-state index contributed by atoms with van der Waals surface area (Å²) in [4.78, 5) is 38.4. The largest absolute Gasteiger partial charge is 0.508 e. The van der Waals surface area contributed by atoms with Gasteiger partial charge in [0, 0.05) is 10.6 Å². The van der Waals surface area contributed by atoms with Gasteiger partial charge in [-0.3, -0.25) is 14.9 Å². The number of benzene rings is 3. The highest BCUT2D eigenvalue weighted by atomic mass is 35.5. The summed E-state index contributed by atoms with van der Waals surface area (Å²) in [7, 11) is -4.25. The summed E-state index contributed by atoms with van der Waals surface area (Å²) < 4.78 is 30.6. The lowest BCUT2D eigenvalue weighted by atomic mass is 10.1. The van der Waals surface area contributed by atoms with E-state index in [-0.39, 0.29) is 27.6 Å². The van der Waals surface area contributed by atoms with Crippen LogP contribution in [0.4, 0.5) is 10.5 Å². The highest BCUT2D eigenvalue weighted by Crippen LogP contribution is 2.28. The molecule has 0 bridgehead atoms. The molecule has 1 fully saturated rings. The van der Waals surface area contributed by atoms with Crippen LogP contribution in [0.3, 0.4) is 0 Å². The van der Waals surface area contributed by atoms with Crippen molar-refractivity contribution >= 4 is 51.3 Å². The maximum absolute atomic E-state index is 13.0. The van der Waals surface area contributed by atoms with Gasteiger partial charge in [0.2, 0.25) is 0 Å².